The second-order valence-corrected chi connectivity index (χ2v) is 1.22. The van der Waals surface area contributed by atoms with Crippen LogP contribution in [0.1, 0.15) is 6.92 Å². The Bertz CT molecular complexity index is 76.6. The van der Waals surface area contributed by atoms with Crippen molar-refractivity contribution >= 4 is 6.29 Å². The van der Waals surface area contributed by atoms with E-state index in [0.29, 0.717) is 13.2 Å². The Morgan fingerprint density at radius 1 is 1.62 bits per heavy atom. The van der Waals surface area contributed by atoms with Crippen molar-refractivity contribution in [3.8, 4) is 0 Å². The fraction of sp³-hybridized carbons (Fsp3) is 0.500. The molecule has 0 fully saturated rings. The van der Waals surface area contributed by atoms with Gasteiger partial charge in [0.15, 0.2) is 0 Å². The molecule has 8 heavy (non-hydrogen) atoms. The average Bonchev–Trinajstić information content (AvgIpc) is 1.81. The summed E-state index contributed by atoms with van der Waals surface area (Å²) in [7, 11) is 0. The number of carbonyl (C=O) groups is 1. The first kappa shape index (κ1) is 7.37. The van der Waals surface area contributed by atoms with Crippen molar-refractivity contribution in [2.45, 2.75) is 6.92 Å². The molecule has 0 radical (unpaired) electrons. The summed E-state index contributed by atoms with van der Waals surface area (Å²) in [5.41, 5.74) is 0. The summed E-state index contributed by atoms with van der Waals surface area (Å²) >= 11 is 0. The van der Waals surface area contributed by atoms with Crippen molar-refractivity contribution < 1.29 is 9.53 Å². The molecule has 2 heteroatoms. The lowest BCUT2D eigenvalue weighted by molar-refractivity contribution is -0.104. The van der Waals surface area contributed by atoms with E-state index >= 15 is 0 Å². The zero-order valence-corrected chi connectivity index (χ0v) is 4.96. The van der Waals surface area contributed by atoms with E-state index in [1.165, 1.54) is 6.08 Å². The predicted molar refractivity (Wildman–Crippen MR) is 31.7 cm³/mol. The molecule has 0 aliphatic heterocycles. The second kappa shape index (κ2) is 6.37. The number of hydrogen-bond acceptors (Lipinski definition) is 2. The Labute approximate surface area is 49.1 Å². The lowest BCUT2D eigenvalue weighted by atomic mass is 10.5. The molecule has 0 amide bonds. The van der Waals surface area contributed by atoms with Gasteiger partial charge in [-0.05, 0) is 13.0 Å². The van der Waals surface area contributed by atoms with Crippen LogP contribution in [-0.2, 0) is 9.53 Å². The van der Waals surface area contributed by atoms with Gasteiger partial charge in [0.25, 0.3) is 0 Å². The van der Waals surface area contributed by atoms with Gasteiger partial charge in [-0.2, -0.15) is 0 Å². The summed E-state index contributed by atoms with van der Waals surface area (Å²) < 4.78 is 4.89. The fourth-order valence-corrected chi connectivity index (χ4v) is 0.297. The normalized spacial score (nSPS) is 10.1. The number of hydrogen-bond donors (Lipinski definition) is 0. The topological polar surface area (TPSA) is 26.3 Å². The maximum atomic E-state index is 9.63. The van der Waals surface area contributed by atoms with Crippen LogP contribution in [0.5, 0.6) is 0 Å². The van der Waals surface area contributed by atoms with E-state index in [1.807, 2.05) is 6.92 Å². The Balaban J connectivity index is 2.91. The Morgan fingerprint density at radius 3 is 2.88 bits per heavy atom. The zero-order chi connectivity index (χ0) is 6.24. The summed E-state index contributed by atoms with van der Waals surface area (Å²) in [6, 6.07) is 0. The minimum absolute atomic E-state index is 0.537. The smallest absolute Gasteiger partial charge is 0.142 e. The summed E-state index contributed by atoms with van der Waals surface area (Å²) in [4.78, 5) is 9.63. The summed E-state index contributed by atoms with van der Waals surface area (Å²) in [5, 5.41) is 0. The highest BCUT2D eigenvalue weighted by Crippen LogP contribution is 1.73. The quantitative estimate of drug-likeness (QED) is 0.306. The molecule has 46 valence electrons. The monoisotopic (exact) mass is 114 g/mol. The van der Waals surface area contributed by atoms with Crippen LogP contribution in [0.25, 0.3) is 0 Å². The van der Waals surface area contributed by atoms with E-state index in [-0.39, 0.29) is 0 Å². The first-order chi connectivity index (χ1) is 3.91. The molecule has 2 nitrogen and oxygen atoms in total. The van der Waals surface area contributed by atoms with E-state index in [4.69, 9.17) is 4.74 Å². The van der Waals surface area contributed by atoms with Gasteiger partial charge < -0.3 is 4.74 Å². The molecule has 0 saturated heterocycles. The highest BCUT2D eigenvalue weighted by molar-refractivity contribution is 5.64. The molecule has 0 atom stereocenters. The number of rotatable bonds is 4. The van der Waals surface area contributed by atoms with Crippen molar-refractivity contribution in [3.05, 3.63) is 12.2 Å². The molecule has 0 rings (SSSR count). The van der Waals surface area contributed by atoms with E-state index in [0.717, 1.165) is 6.29 Å². The van der Waals surface area contributed by atoms with Gasteiger partial charge in [0.1, 0.15) is 6.29 Å². The molecular formula is C6H10O2. The van der Waals surface area contributed by atoms with Crippen molar-refractivity contribution in [1.82, 2.24) is 0 Å². The maximum Gasteiger partial charge on any atom is 0.142 e. The predicted octanol–water partition coefficient (Wildman–Crippen LogP) is 0.778. The van der Waals surface area contributed by atoms with E-state index in [2.05, 4.69) is 0 Å². The molecule has 0 unspecified atom stereocenters. The van der Waals surface area contributed by atoms with Crippen molar-refractivity contribution in [1.29, 1.82) is 0 Å². The lowest BCUT2D eigenvalue weighted by Gasteiger charge is -1.89. The molecule has 0 aromatic heterocycles. The molecule has 0 aromatic rings. The molecule has 0 aliphatic carbocycles. The van der Waals surface area contributed by atoms with Crippen LogP contribution < -0.4 is 0 Å². The van der Waals surface area contributed by atoms with Crippen LogP contribution >= 0.6 is 0 Å². The first-order valence-electron chi connectivity index (χ1n) is 2.60. The third-order valence-electron chi connectivity index (χ3n) is 0.633. The highest BCUT2D eigenvalue weighted by Gasteiger charge is 1.72. The molecule has 0 aliphatic rings. The Kier molecular flexibility index (Phi) is 5.87. The van der Waals surface area contributed by atoms with Crippen molar-refractivity contribution in [2.24, 2.45) is 0 Å². The summed E-state index contributed by atoms with van der Waals surface area (Å²) in [6.45, 7) is 3.15. The molecule has 0 spiro atoms. The van der Waals surface area contributed by atoms with Gasteiger partial charge in [-0.3, -0.25) is 4.79 Å². The number of ether oxygens (including phenoxy) is 1. The van der Waals surface area contributed by atoms with Crippen LogP contribution in [-0.4, -0.2) is 19.5 Å². The average molecular weight is 114 g/mol. The van der Waals surface area contributed by atoms with Crippen LogP contribution in [0.2, 0.25) is 0 Å². The van der Waals surface area contributed by atoms with Crippen LogP contribution in [0.3, 0.4) is 0 Å². The molecular weight excluding hydrogens is 104 g/mol. The highest BCUT2D eigenvalue weighted by atomic mass is 16.5. The Hall–Kier alpha value is -0.630. The second-order valence-electron chi connectivity index (χ2n) is 1.22. The van der Waals surface area contributed by atoms with Gasteiger partial charge >= 0.3 is 0 Å². The first-order valence-corrected chi connectivity index (χ1v) is 2.60. The molecule has 0 N–H and O–H groups in total. The minimum Gasteiger partial charge on any atom is -0.378 e. The van der Waals surface area contributed by atoms with Gasteiger partial charge in [-0.25, -0.2) is 0 Å². The maximum absolute atomic E-state index is 9.63. The number of aldehydes is 1. The van der Waals surface area contributed by atoms with Crippen LogP contribution in [0.4, 0.5) is 0 Å². The van der Waals surface area contributed by atoms with Gasteiger partial charge in [-0.1, -0.05) is 6.08 Å². The van der Waals surface area contributed by atoms with Gasteiger partial charge in [0, 0.05) is 6.61 Å². The van der Waals surface area contributed by atoms with E-state index in [9.17, 15) is 4.79 Å². The molecule has 0 bridgehead atoms. The van der Waals surface area contributed by atoms with Crippen molar-refractivity contribution in [3.63, 3.8) is 0 Å². The van der Waals surface area contributed by atoms with Gasteiger partial charge in [-0.15, -0.1) is 0 Å². The third-order valence-corrected chi connectivity index (χ3v) is 0.633. The fourth-order valence-electron chi connectivity index (χ4n) is 0.297. The molecule has 0 aromatic carbocycles. The zero-order valence-electron chi connectivity index (χ0n) is 4.96. The van der Waals surface area contributed by atoms with Gasteiger partial charge in [0.05, 0.1) is 6.61 Å². The third kappa shape index (κ3) is 5.37. The SMILES string of the molecule is CCOC/C=C/C=O. The van der Waals surface area contributed by atoms with Crippen LogP contribution in [0, 0.1) is 0 Å². The standard InChI is InChI=1S/C6H10O2/c1-2-8-6-4-3-5-7/h3-5H,2,6H2,1H3/b4-3+. The molecule has 0 saturated carbocycles. The number of allylic oxidation sites excluding steroid dienone is 1. The van der Waals surface area contributed by atoms with Gasteiger partial charge in [0.2, 0.25) is 0 Å². The lowest BCUT2D eigenvalue weighted by Crippen LogP contribution is -1.87. The van der Waals surface area contributed by atoms with E-state index in [1.54, 1.807) is 6.08 Å². The summed E-state index contributed by atoms with van der Waals surface area (Å²) in [5.74, 6) is 0. The molecule has 0 heterocycles. The largest absolute Gasteiger partial charge is 0.378 e. The van der Waals surface area contributed by atoms with E-state index < -0.39 is 0 Å². The summed E-state index contributed by atoms with van der Waals surface area (Å²) in [6.07, 6.45) is 3.84. The minimum atomic E-state index is 0.537. The number of carbonyl (C=O) groups excluding carboxylic acids is 1. The Morgan fingerprint density at radius 2 is 2.38 bits per heavy atom. The van der Waals surface area contributed by atoms with Crippen LogP contribution in [0.15, 0.2) is 12.2 Å². The van der Waals surface area contributed by atoms with Crippen molar-refractivity contribution in [2.75, 3.05) is 13.2 Å².